The lowest BCUT2D eigenvalue weighted by molar-refractivity contribution is -0.110. The van der Waals surface area contributed by atoms with Gasteiger partial charge in [0.1, 0.15) is 11.5 Å². The van der Waals surface area contributed by atoms with Gasteiger partial charge in [0, 0.05) is 16.7 Å². The van der Waals surface area contributed by atoms with E-state index in [1.165, 1.54) is 56.7 Å². The molecule has 250 valence electrons. The third-order valence-electron chi connectivity index (χ3n) is 7.04. The van der Waals surface area contributed by atoms with Crippen molar-refractivity contribution < 1.29 is 49.3 Å². The van der Waals surface area contributed by atoms with Gasteiger partial charge in [-0.1, -0.05) is 36.4 Å². The molecule has 0 fully saturated rings. The number of carbonyl (C=O) groups is 2. The zero-order valence-electron chi connectivity index (χ0n) is 27.0. The second-order valence-corrected chi connectivity index (χ2v) is 10.3. The first-order valence-electron chi connectivity index (χ1n) is 14.6. The van der Waals surface area contributed by atoms with Gasteiger partial charge in [-0.15, -0.1) is 0 Å². The molecule has 10 heteroatoms. The summed E-state index contributed by atoms with van der Waals surface area (Å²) in [4.78, 5) is 24.1. The van der Waals surface area contributed by atoms with Gasteiger partial charge in [0.2, 0.25) is 0 Å². The second kappa shape index (κ2) is 17.7. The molecule has 0 aliphatic rings. The first kappa shape index (κ1) is 36.6. The summed E-state index contributed by atoms with van der Waals surface area (Å²) in [6.45, 7) is 1.29. The summed E-state index contributed by atoms with van der Waals surface area (Å²) in [5, 5.41) is 47.3. The molecule has 0 saturated heterocycles. The van der Waals surface area contributed by atoms with Gasteiger partial charge < -0.3 is 39.7 Å². The highest BCUT2D eigenvalue weighted by molar-refractivity contribution is 6.07. The Morgan fingerprint density at radius 3 is 1.77 bits per heavy atom. The molecule has 0 radical (unpaired) electrons. The van der Waals surface area contributed by atoms with E-state index in [9.17, 15) is 30.0 Å². The molecule has 0 heterocycles. The van der Waals surface area contributed by atoms with Crippen molar-refractivity contribution in [2.45, 2.75) is 20.1 Å². The molecule has 0 aliphatic heterocycles. The summed E-state index contributed by atoms with van der Waals surface area (Å²) < 4.78 is 15.3. The first-order chi connectivity index (χ1) is 23.0. The lowest BCUT2D eigenvalue weighted by Gasteiger charge is -2.08. The molecule has 0 atom stereocenters. The average Bonchev–Trinajstić information content (AvgIpc) is 3.10. The third-order valence-corrected chi connectivity index (χ3v) is 7.04. The number of aryl methyl sites for hydroxylation is 1. The van der Waals surface area contributed by atoms with Crippen LogP contribution < -0.4 is 14.2 Å². The van der Waals surface area contributed by atoms with Crippen LogP contribution in [0, 0.1) is 6.92 Å². The summed E-state index contributed by atoms with van der Waals surface area (Å²) in [7, 11) is 4.46. The minimum atomic E-state index is -0.347. The van der Waals surface area contributed by atoms with Crippen LogP contribution >= 0.6 is 0 Å². The molecule has 4 aromatic carbocycles. The molecule has 0 saturated carbocycles. The van der Waals surface area contributed by atoms with Gasteiger partial charge in [0.25, 0.3) is 0 Å². The molecule has 0 amide bonds. The zero-order chi connectivity index (χ0) is 35.2. The molecule has 0 bridgehead atoms. The molecule has 0 unspecified atom stereocenters. The predicted molar refractivity (Wildman–Crippen MR) is 183 cm³/mol. The maximum atomic E-state index is 12.1. The number of carbonyl (C=O) groups excluding carboxylic acids is 2. The summed E-state index contributed by atoms with van der Waals surface area (Å²) in [5.74, 6) is 0.728. The fourth-order valence-electron chi connectivity index (χ4n) is 4.35. The Bertz CT molecular complexity index is 1810. The minimum absolute atomic E-state index is 0.0219. The highest BCUT2D eigenvalue weighted by atomic mass is 16.5. The summed E-state index contributed by atoms with van der Waals surface area (Å²) in [6.07, 6.45) is 9.07. The van der Waals surface area contributed by atoms with Crippen molar-refractivity contribution in [3.05, 3.63) is 124 Å². The second-order valence-electron chi connectivity index (χ2n) is 10.3. The van der Waals surface area contributed by atoms with E-state index in [0.29, 0.717) is 33.6 Å². The monoisotopic (exact) mass is 654 g/mol. The number of rotatable bonds is 12. The smallest absolute Gasteiger partial charge is 0.185 e. The number of phenolic OH excluding ortho intramolecular Hbond substituents is 1. The Kier molecular flexibility index (Phi) is 13.5. The Morgan fingerprint density at radius 1 is 0.604 bits per heavy atom. The van der Waals surface area contributed by atoms with Crippen molar-refractivity contribution in [2.24, 2.45) is 0 Å². The number of ether oxygens (including phenoxy) is 3. The Labute approximate surface area is 278 Å². The number of hydrogen-bond acceptors (Lipinski definition) is 10. The van der Waals surface area contributed by atoms with Crippen LogP contribution in [-0.2, 0) is 18.0 Å². The van der Waals surface area contributed by atoms with Crippen LogP contribution in [-0.4, -0.2) is 58.4 Å². The molecule has 0 spiro atoms. The van der Waals surface area contributed by atoms with Gasteiger partial charge in [-0.3, -0.25) is 9.59 Å². The van der Waals surface area contributed by atoms with Crippen LogP contribution in [0.1, 0.15) is 43.7 Å². The highest BCUT2D eigenvalue weighted by Crippen LogP contribution is 2.32. The van der Waals surface area contributed by atoms with E-state index in [-0.39, 0.29) is 47.8 Å². The van der Waals surface area contributed by atoms with Gasteiger partial charge >= 0.3 is 0 Å². The summed E-state index contributed by atoms with van der Waals surface area (Å²) in [5.41, 5.74) is 4.25. The fraction of sp³-hybridized carbons (Fsp3) is 0.158. The van der Waals surface area contributed by atoms with E-state index < -0.39 is 0 Å². The van der Waals surface area contributed by atoms with Crippen molar-refractivity contribution in [2.75, 3.05) is 21.3 Å². The SMILES string of the molecule is COc1cc(/C=C/C(=O)/C=C/c2cc(CO)c(O)c(OC)c2)ccc1O.COc1cc(/C=C/C(=O)c2ccc(O)c(CO)c2)ccc1C. The molecule has 5 N–H and O–H groups in total. The molecule has 4 aromatic rings. The average molecular weight is 655 g/mol. The van der Waals surface area contributed by atoms with Crippen molar-refractivity contribution in [1.82, 2.24) is 0 Å². The maximum absolute atomic E-state index is 12.1. The van der Waals surface area contributed by atoms with Crippen LogP contribution in [0.3, 0.4) is 0 Å². The van der Waals surface area contributed by atoms with E-state index >= 15 is 0 Å². The van der Waals surface area contributed by atoms with Crippen molar-refractivity contribution in [1.29, 1.82) is 0 Å². The summed E-state index contributed by atoms with van der Waals surface area (Å²) >= 11 is 0. The first-order valence-corrected chi connectivity index (χ1v) is 14.6. The Hall–Kier alpha value is -5.84. The number of hydrogen-bond donors (Lipinski definition) is 5. The van der Waals surface area contributed by atoms with Gasteiger partial charge in [-0.2, -0.15) is 0 Å². The van der Waals surface area contributed by atoms with Gasteiger partial charge in [-0.05, 0) is 95.9 Å². The van der Waals surface area contributed by atoms with Crippen LogP contribution in [0.2, 0.25) is 0 Å². The zero-order valence-corrected chi connectivity index (χ0v) is 27.0. The van der Waals surface area contributed by atoms with E-state index in [1.54, 1.807) is 49.6 Å². The van der Waals surface area contributed by atoms with Crippen molar-refractivity contribution in [3.63, 3.8) is 0 Å². The van der Waals surface area contributed by atoms with Gasteiger partial charge in [0.15, 0.2) is 34.6 Å². The molecular weight excluding hydrogens is 616 g/mol. The number of benzene rings is 4. The number of aromatic hydroxyl groups is 3. The van der Waals surface area contributed by atoms with Crippen LogP contribution in [0.25, 0.3) is 18.2 Å². The minimum Gasteiger partial charge on any atom is -0.508 e. The van der Waals surface area contributed by atoms with Crippen LogP contribution in [0.5, 0.6) is 34.5 Å². The number of aliphatic hydroxyl groups excluding tert-OH is 2. The fourth-order valence-corrected chi connectivity index (χ4v) is 4.35. The largest absolute Gasteiger partial charge is 0.508 e. The highest BCUT2D eigenvalue weighted by Gasteiger charge is 2.09. The molecule has 0 aromatic heterocycles. The van der Waals surface area contributed by atoms with Gasteiger partial charge in [-0.25, -0.2) is 0 Å². The Balaban J connectivity index is 0.000000264. The number of phenols is 3. The number of allylic oxidation sites excluding steroid dienone is 3. The normalized spacial score (nSPS) is 11.0. The van der Waals surface area contributed by atoms with Crippen molar-refractivity contribution in [3.8, 4) is 34.5 Å². The van der Waals surface area contributed by atoms with E-state index in [1.807, 2.05) is 25.1 Å². The van der Waals surface area contributed by atoms with E-state index in [0.717, 1.165) is 16.9 Å². The number of methoxy groups -OCH3 is 3. The Morgan fingerprint density at radius 2 is 1.15 bits per heavy atom. The standard InChI is InChI=1S/C20H20O6.C18H18O4/c1-25-18-10-13(5-8-17(18)23)3-6-16(22)7-4-14-9-15(12-21)20(24)19(11-14)26-2;1-12-3-4-13(9-18(12)22-2)5-7-16(20)14-6-8-17(21)15(10-14)11-19/h3-11,21,23-24H,12H2,1-2H3;3-10,19,21H,11H2,1-2H3/b6-3+,7-4+;7-5+. The molecule has 4 rings (SSSR count). The quantitative estimate of drug-likeness (QED) is 0.0905. The third kappa shape index (κ3) is 10.1. The van der Waals surface area contributed by atoms with Gasteiger partial charge in [0.05, 0.1) is 34.5 Å². The topological polar surface area (TPSA) is 163 Å². The van der Waals surface area contributed by atoms with Crippen LogP contribution in [0.4, 0.5) is 0 Å². The lowest BCUT2D eigenvalue weighted by Crippen LogP contribution is -1.96. The lowest BCUT2D eigenvalue weighted by atomic mass is 10.0. The number of ketones is 2. The molecule has 48 heavy (non-hydrogen) atoms. The summed E-state index contributed by atoms with van der Waals surface area (Å²) in [6, 6.07) is 18.0. The predicted octanol–water partition coefficient (Wildman–Crippen LogP) is 6.00. The molecule has 0 aliphatic carbocycles. The van der Waals surface area contributed by atoms with Crippen LogP contribution in [0.15, 0.2) is 85.0 Å². The molecular formula is C38H38O10. The van der Waals surface area contributed by atoms with E-state index in [4.69, 9.17) is 19.3 Å². The number of aliphatic hydroxyl groups is 2. The van der Waals surface area contributed by atoms with Crippen molar-refractivity contribution >= 4 is 29.8 Å². The molecule has 10 nitrogen and oxygen atoms in total. The maximum Gasteiger partial charge on any atom is 0.185 e. The van der Waals surface area contributed by atoms with E-state index in [2.05, 4.69) is 0 Å².